The summed E-state index contributed by atoms with van der Waals surface area (Å²) in [4.78, 5) is 16.2. The van der Waals surface area contributed by atoms with Crippen molar-refractivity contribution in [2.75, 3.05) is 19.5 Å². The minimum Gasteiger partial charge on any atom is -0.465 e. The van der Waals surface area contributed by atoms with Gasteiger partial charge < -0.3 is 20.1 Å². The van der Waals surface area contributed by atoms with E-state index in [2.05, 4.69) is 22.5 Å². The molecule has 2 heterocycles. The number of carbonyl (C=O) groups excluding carboxylic acids is 1. The van der Waals surface area contributed by atoms with Gasteiger partial charge in [0.05, 0.1) is 30.3 Å². The number of rotatable bonds is 6. The molecule has 0 atom stereocenters. The highest BCUT2D eigenvalue weighted by Gasteiger charge is 2.16. The van der Waals surface area contributed by atoms with E-state index in [9.17, 15) is 9.90 Å². The fourth-order valence-corrected chi connectivity index (χ4v) is 3.27. The summed E-state index contributed by atoms with van der Waals surface area (Å²) in [6.07, 6.45) is 3.09. The van der Waals surface area contributed by atoms with Crippen molar-refractivity contribution in [1.82, 2.24) is 9.55 Å². The Morgan fingerprint density at radius 2 is 2.00 bits per heavy atom. The number of aliphatic hydroxyl groups is 1. The van der Waals surface area contributed by atoms with E-state index in [1.807, 2.05) is 19.9 Å². The molecule has 2 aromatic heterocycles. The number of anilines is 1. The quantitative estimate of drug-likeness (QED) is 0.641. The number of aliphatic hydroxyl groups excluding tert-OH is 1. The van der Waals surface area contributed by atoms with Crippen LogP contribution in [0.25, 0.3) is 21.8 Å². The number of nitrogens with two attached hydrogens (primary N) is 1. The van der Waals surface area contributed by atoms with Gasteiger partial charge in [-0.2, -0.15) is 0 Å². The summed E-state index contributed by atoms with van der Waals surface area (Å²) in [6, 6.07) is 7.36. The Bertz CT molecular complexity index is 931. The molecule has 146 valence electrons. The summed E-state index contributed by atoms with van der Waals surface area (Å²) < 4.78 is 6.89. The smallest absolute Gasteiger partial charge is 0.337 e. The number of carbonyl (C=O) groups is 1. The second kappa shape index (κ2) is 9.37. The van der Waals surface area contributed by atoms with Gasteiger partial charge in [0, 0.05) is 23.0 Å². The maximum absolute atomic E-state index is 11.8. The molecule has 0 amide bonds. The summed E-state index contributed by atoms with van der Waals surface area (Å²) in [5.74, 6) is 0.0238. The third kappa shape index (κ3) is 4.06. The van der Waals surface area contributed by atoms with Gasteiger partial charge in [0.15, 0.2) is 0 Å². The monoisotopic (exact) mass is 371 g/mol. The van der Waals surface area contributed by atoms with Crippen molar-refractivity contribution < 1.29 is 14.6 Å². The third-order valence-corrected chi connectivity index (χ3v) is 4.48. The summed E-state index contributed by atoms with van der Waals surface area (Å²) in [7, 11) is 1.35. The molecule has 0 unspecified atom stereocenters. The van der Waals surface area contributed by atoms with E-state index >= 15 is 0 Å². The summed E-state index contributed by atoms with van der Waals surface area (Å²) in [6.45, 7) is 6.70. The molecule has 0 aliphatic heterocycles. The molecule has 0 fully saturated rings. The molecule has 6 heteroatoms. The number of nitrogens with zero attached hydrogens (tertiary/aromatic N) is 2. The van der Waals surface area contributed by atoms with Gasteiger partial charge in [-0.05, 0) is 37.1 Å². The van der Waals surface area contributed by atoms with E-state index in [1.54, 1.807) is 12.1 Å². The van der Waals surface area contributed by atoms with Gasteiger partial charge in [0.1, 0.15) is 5.82 Å². The Hall–Kier alpha value is -2.60. The number of benzene rings is 1. The normalized spacial score (nSPS) is 10.7. The molecular formula is C21H29N3O3. The number of hydrogen-bond donors (Lipinski definition) is 2. The first-order valence-corrected chi connectivity index (χ1v) is 9.51. The average molecular weight is 371 g/mol. The molecule has 27 heavy (non-hydrogen) atoms. The van der Waals surface area contributed by atoms with Gasteiger partial charge >= 0.3 is 5.97 Å². The lowest BCUT2D eigenvalue weighted by atomic mass is 10.1. The second-order valence-electron chi connectivity index (χ2n) is 6.10. The highest BCUT2D eigenvalue weighted by Crippen LogP contribution is 2.32. The first-order valence-electron chi connectivity index (χ1n) is 9.51. The molecule has 0 bridgehead atoms. The SMILES string of the molecule is CC.CCCCc1cc2c(N)nc3cc(C(=O)OC)ccc3c2n1CCO. The lowest BCUT2D eigenvalue weighted by Crippen LogP contribution is -2.07. The number of hydrogen-bond acceptors (Lipinski definition) is 5. The van der Waals surface area contributed by atoms with Crippen molar-refractivity contribution in [2.24, 2.45) is 0 Å². The minimum atomic E-state index is -0.406. The zero-order valence-corrected chi connectivity index (χ0v) is 16.6. The zero-order chi connectivity index (χ0) is 20.0. The van der Waals surface area contributed by atoms with Crippen LogP contribution in [-0.4, -0.2) is 34.3 Å². The highest BCUT2D eigenvalue weighted by atomic mass is 16.5. The molecule has 0 radical (unpaired) electrons. The number of ether oxygens (including phenoxy) is 1. The number of aromatic nitrogens is 2. The first kappa shape index (κ1) is 20.7. The summed E-state index contributed by atoms with van der Waals surface area (Å²) in [5.41, 5.74) is 9.37. The van der Waals surface area contributed by atoms with Gasteiger partial charge in [-0.3, -0.25) is 0 Å². The van der Waals surface area contributed by atoms with Crippen LogP contribution in [0.4, 0.5) is 5.82 Å². The van der Waals surface area contributed by atoms with Crippen molar-refractivity contribution in [1.29, 1.82) is 0 Å². The van der Waals surface area contributed by atoms with E-state index in [0.717, 1.165) is 41.2 Å². The molecule has 1 aromatic carbocycles. The lowest BCUT2D eigenvalue weighted by Gasteiger charge is -2.11. The van der Waals surface area contributed by atoms with Crippen LogP contribution >= 0.6 is 0 Å². The number of unbranched alkanes of at least 4 members (excludes halogenated alkanes) is 1. The van der Waals surface area contributed by atoms with Gasteiger partial charge in [0.25, 0.3) is 0 Å². The molecule has 0 spiro atoms. The van der Waals surface area contributed by atoms with Crippen molar-refractivity contribution in [2.45, 2.75) is 46.6 Å². The van der Waals surface area contributed by atoms with Crippen LogP contribution in [0.5, 0.6) is 0 Å². The first-order chi connectivity index (χ1) is 13.1. The van der Waals surface area contributed by atoms with E-state index in [-0.39, 0.29) is 6.61 Å². The Morgan fingerprint density at radius 1 is 1.26 bits per heavy atom. The van der Waals surface area contributed by atoms with Crippen molar-refractivity contribution in [3.63, 3.8) is 0 Å². The maximum atomic E-state index is 11.8. The van der Waals surface area contributed by atoms with Gasteiger partial charge in [-0.15, -0.1) is 0 Å². The predicted octanol–water partition coefficient (Wildman–Crippen LogP) is 3.92. The molecule has 0 aliphatic carbocycles. The number of pyridine rings is 1. The summed E-state index contributed by atoms with van der Waals surface area (Å²) in [5, 5.41) is 11.3. The number of nitrogen functional groups attached to an aromatic ring is 1. The van der Waals surface area contributed by atoms with Crippen LogP contribution in [0.2, 0.25) is 0 Å². The predicted molar refractivity (Wildman–Crippen MR) is 110 cm³/mol. The van der Waals surface area contributed by atoms with Crippen LogP contribution in [0, 0.1) is 0 Å². The van der Waals surface area contributed by atoms with E-state index in [0.29, 0.717) is 23.4 Å². The number of fused-ring (bicyclic) bond motifs is 3. The number of aryl methyl sites for hydroxylation is 1. The Kier molecular flexibility index (Phi) is 7.19. The molecule has 6 nitrogen and oxygen atoms in total. The largest absolute Gasteiger partial charge is 0.465 e. The van der Waals surface area contributed by atoms with Crippen LogP contribution < -0.4 is 5.73 Å². The molecular weight excluding hydrogens is 342 g/mol. The van der Waals surface area contributed by atoms with Gasteiger partial charge in [-0.1, -0.05) is 27.2 Å². The maximum Gasteiger partial charge on any atom is 0.337 e. The fraction of sp³-hybridized carbons (Fsp3) is 0.429. The third-order valence-electron chi connectivity index (χ3n) is 4.48. The molecule has 0 aliphatic rings. The Labute approximate surface area is 159 Å². The van der Waals surface area contributed by atoms with Gasteiger partial charge in [0.2, 0.25) is 0 Å². The molecule has 0 saturated carbocycles. The van der Waals surface area contributed by atoms with Crippen LogP contribution in [0.1, 0.15) is 49.7 Å². The molecule has 3 rings (SSSR count). The Morgan fingerprint density at radius 3 is 2.63 bits per heavy atom. The van der Waals surface area contributed by atoms with E-state index in [4.69, 9.17) is 10.5 Å². The molecule has 3 aromatic rings. The van der Waals surface area contributed by atoms with Crippen LogP contribution in [-0.2, 0) is 17.7 Å². The summed E-state index contributed by atoms with van der Waals surface area (Å²) >= 11 is 0. The molecule has 0 saturated heterocycles. The number of esters is 1. The van der Waals surface area contributed by atoms with Gasteiger partial charge in [-0.25, -0.2) is 9.78 Å². The number of methoxy groups -OCH3 is 1. The standard InChI is InChI=1S/C19H23N3O3.C2H6/c1-3-4-5-13-11-15-17(22(13)8-9-23)14-7-6-12(19(24)25-2)10-16(14)21-18(15)20;1-2/h6-7,10-11,23H,3-5,8-9H2,1-2H3,(H2,20,21);1-2H3. The average Bonchev–Trinajstić information content (AvgIpc) is 3.06. The minimum absolute atomic E-state index is 0.0485. The van der Waals surface area contributed by atoms with E-state index < -0.39 is 5.97 Å². The second-order valence-corrected chi connectivity index (χ2v) is 6.10. The van der Waals surface area contributed by atoms with Crippen molar-refractivity contribution >= 4 is 33.6 Å². The van der Waals surface area contributed by atoms with Crippen molar-refractivity contribution in [3.8, 4) is 0 Å². The highest BCUT2D eigenvalue weighted by molar-refractivity contribution is 6.10. The zero-order valence-electron chi connectivity index (χ0n) is 16.6. The van der Waals surface area contributed by atoms with Crippen LogP contribution in [0.3, 0.4) is 0 Å². The van der Waals surface area contributed by atoms with E-state index in [1.165, 1.54) is 7.11 Å². The lowest BCUT2D eigenvalue weighted by molar-refractivity contribution is 0.0601. The molecule has 3 N–H and O–H groups in total. The Balaban J connectivity index is 0.00000126. The van der Waals surface area contributed by atoms with Crippen molar-refractivity contribution in [3.05, 3.63) is 35.5 Å². The van der Waals surface area contributed by atoms with Crippen LogP contribution in [0.15, 0.2) is 24.3 Å². The fourth-order valence-electron chi connectivity index (χ4n) is 3.27. The topological polar surface area (TPSA) is 90.4 Å².